The molecule has 1 saturated heterocycles. The molecular formula is C19H21N5O2. The van der Waals surface area contributed by atoms with Gasteiger partial charge in [-0.1, -0.05) is 0 Å². The van der Waals surface area contributed by atoms with Crippen LogP contribution in [-0.2, 0) is 0 Å². The minimum atomic E-state index is 0.000139. The third-order valence-electron chi connectivity index (χ3n) is 4.84. The Balaban J connectivity index is 1.86. The van der Waals surface area contributed by atoms with Gasteiger partial charge in [-0.25, -0.2) is 4.98 Å². The van der Waals surface area contributed by atoms with Gasteiger partial charge >= 0.3 is 0 Å². The molecule has 1 amide bonds. The standard InChI is InChI=1S/C19H21N5O2/c1-11-9-13(3-4-16(11)25)15-10-14(17-12(2)22-23-18(17)21-15)19(26)24-7-5-20-6-8-24/h3-4,9-10,20,25H,5-8H2,1-2H3,(H,21,22,23). The first-order chi connectivity index (χ1) is 12.5. The molecule has 2 aromatic heterocycles. The van der Waals surface area contributed by atoms with Gasteiger partial charge in [0.25, 0.3) is 5.91 Å². The molecule has 3 N–H and O–H groups in total. The van der Waals surface area contributed by atoms with E-state index in [9.17, 15) is 9.90 Å². The number of aromatic hydroxyl groups is 1. The highest BCUT2D eigenvalue weighted by Crippen LogP contribution is 2.29. The molecule has 0 bridgehead atoms. The average molecular weight is 351 g/mol. The van der Waals surface area contributed by atoms with Crippen LogP contribution in [0.3, 0.4) is 0 Å². The maximum absolute atomic E-state index is 13.2. The van der Waals surface area contributed by atoms with Crippen molar-refractivity contribution in [2.24, 2.45) is 0 Å². The summed E-state index contributed by atoms with van der Waals surface area (Å²) in [7, 11) is 0. The zero-order chi connectivity index (χ0) is 18.3. The van der Waals surface area contributed by atoms with E-state index in [2.05, 4.69) is 20.5 Å². The number of piperazine rings is 1. The number of hydrogen-bond donors (Lipinski definition) is 3. The first kappa shape index (κ1) is 16.5. The maximum atomic E-state index is 13.2. The summed E-state index contributed by atoms with van der Waals surface area (Å²) in [6.07, 6.45) is 0. The van der Waals surface area contributed by atoms with Gasteiger partial charge < -0.3 is 15.3 Å². The number of pyridine rings is 1. The van der Waals surface area contributed by atoms with Crippen molar-refractivity contribution < 1.29 is 9.90 Å². The smallest absolute Gasteiger partial charge is 0.254 e. The number of carbonyl (C=O) groups is 1. The Hall–Kier alpha value is -2.93. The topological polar surface area (TPSA) is 94.1 Å². The molecule has 1 aromatic carbocycles. The summed E-state index contributed by atoms with van der Waals surface area (Å²) in [6, 6.07) is 7.15. The van der Waals surface area contributed by atoms with Crippen molar-refractivity contribution in [2.45, 2.75) is 13.8 Å². The van der Waals surface area contributed by atoms with Crippen LogP contribution in [0.1, 0.15) is 21.6 Å². The number of phenols is 1. The fourth-order valence-corrected chi connectivity index (χ4v) is 3.35. The molecule has 26 heavy (non-hydrogen) atoms. The van der Waals surface area contributed by atoms with E-state index < -0.39 is 0 Å². The number of aryl methyl sites for hydroxylation is 2. The lowest BCUT2D eigenvalue weighted by Crippen LogP contribution is -2.46. The number of nitrogens with one attached hydrogen (secondary N) is 2. The number of amides is 1. The quantitative estimate of drug-likeness (QED) is 0.656. The van der Waals surface area contributed by atoms with Gasteiger partial charge in [0.15, 0.2) is 5.65 Å². The van der Waals surface area contributed by atoms with E-state index in [1.54, 1.807) is 12.1 Å². The van der Waals surface area contributed by atoms with Crippen molar-refractivity contribution in [2.75, 3.05) is 26.2 Å². The van der Waals surface area contributed by atoms with E-state index in [1.807, 2.05) is 30.9 Å². The Morgan fingerprint density at radius 2 is 1.96 bits per heavy atom. The van der Waals surface area contributed by atoms with E-state index in [4.69, 9.17) is 0 Å². The zero-order valence-corrected chi connectivity index (χ0v) is 14.8. The van der Waals surface area contributed by atoms with Crippen LogP contribution in [0.4, 0.5) is 0 Å². The van der Waals surface area contributed by atoms with Gasteiger partial charge in [-0.15, -0.1) is 0 Å². The van der Waals surface area contributed by atoms with Crippen LogP contribution in [0.25, 0.3) is 22.3 Å². The van der Waals surface area contributed by atoms with E-state index in [1.165, 1.54) is 0 Å². The second-order valence-electron chi connectivity index (χ2n) is 6.63. The van der Waals surface area contributed by atoms with Gasteiger partial charge in [0, 0.05) is 31.7 Å². The lowest BCUT2D eigenvalue weighted by molar-refractivity contribution is 0.0737. The van der Waals surface area contributed by atoms with Crippen molar-refractivity contribution in [3.05, 3.63) is 41.1 Å². The Kier molecular flexibility index (Phi) is 4.08. The molecule has 0 saturated carbocycles. The van der Waals surface area contributed by atoms with Gasteiger partial charge in [0.05, 0.1) is 22.3 Å². The predicted molar refractivity (Wildman–Crippen MR) is 99.2 cm³/mol. The normalized spacial score (nSPS) is 14.8. The zero-order valence-electron chi connectivity index (χ0n) is 14.8. The van der Waals surface area contributed by atoms with Crippen molar-refractivity contribution in [3.8, 4) is 17.0 Å². The van der Waals surface area contributed by atoms with Crippen LogP contribution in [0.2, 0.25) is 0 Å². The summed E-state index contributed by atoms with van der Waals surface area (Å²) in [5.74, 6) is 0.240. The van der Waals surface area contributed by atoms with Crippen molar-refractivity contribution in [3.63, 3.8) is 0 Å². The van der Waals surface area contributed by atoms with E-state index in [-0.39, 0.29) is 11.7 Å². The van der Waals surface area contributed by atoms with Crippen LogP contribution < -0.4 is 5.32 Å². The SMILES string of the molecule is Cc1cc(-c2cc(C(=O)N3CCNCC3)c3c(C)n[nH]c3n2)ccc1O. The highest BCUT2D eigenvalue weighted by atomic mass is 16.3. The van der Waals surface area contributed by atoms with Gasteiger partial charge in [0.1, 0.15) is 5.75 Å². The number of nitrogens with zero attached hydrogens (tertiary/aromatic N) is 3. The molecular weight excluding hydrogens is 330 g/mol. The van der Waals surface area contributed by atoms with Crippen molar-refractivity contribution in [1.82, 2.24) is 25.4 Å². The largest absolute Gasteiger partial charge is 0.508 e. The fourth-order valence-electron chi connectivity index (χ4n) is 3.35. The highest BCUT2D eigenvalue weighted by Gasteiger charge is 2.23. The first-order valence-electron chi connectivity index (χ1n) is 8.70. The van der Waals surface area contributed by atoms with E-state index in [0.29, 0.717) is 30.0 Å². The third kappa shape index (κ3) is 2.80. The lowest BCUT2D eigenvalue weighted by atomic mass is 10.0. The van der Waals surface area contributed by atoms with Crippen LogP contribution in [-0.4, -0.2) is 57.3 Å². The number of rotatable bonds is 2. The molecule has 7 heteroatoms. The number of phenolic OH excluding ortho intramolecular Hbond substituents is 1. The van der Waals surface area contributed by atoms with Gasteiger partial charge in [-0.05, 0) is 43.7 Å². The van der Waals surface area contributed by atoms with E-state index >= 15 is 0 Å². The maximum Gasteiger partial charge on any atom is 0.254 e. The summed E-state index contributed by atoms with van der Waals surface area (Å²) in [5.41, 5.74) is 4.28. The summed E-state index contributed by atoms with van der Waals surface area (Å²) < 4.78 is 0. The second-order valence-corrected chi connectivity index (χ2v) is 6.63. The van der Waals surface area contributed by atoms with Gasteiger partial charge in [0.2, 0.25) is 0 Å². The molecule has 0 radical (unpaired) electrons. The molecule has 3 heterocycles. The fraction of sp³-hybridized carbons (Fsp3) is 0.316. The number of aromatic nitrogens is 3. The molecule has 0 aliphatic carbocycles. The van der Waals surface area contributed by atoms with E-state index in [0.717, 1.165) is 35.3 Å². The average Bonchev–Trinajstić information content (AvgIpc) is 3.04. The molecule has 1 aliphatic rings. The molecule has 1 aliphatic heterocycles. The van der Waals surface area contributed by atoms with Gasteiger partial charge in [-0.2, -0.15) is 5.10 Å². The van der Waals surface area contributed by atoms with Crippen LogP contribution >= 0.6 is 0 Å². The molecule has 134 valence electrons. The van der Waals surface area contributed by atoms with Gasteiger partial charge in [-0.3, -0.25) is 9.89 Å². The molecule has 0 atom stereocenters. The van der Waals surface area contributed by atoms with Crippen molar-refractivity contribution in [1.29, 1.82) is 0 Å². The monoisotopic (exact) mass is 351 g/mol. The molecule has 1 fully saturated rings. The predicted octanol–water partition coefficient (Wildman–Crippen LogP) is 1.99. The van der Waals surface area contributed by atoms with Crippen LogP contribution in [0.5, 0.6) is 5.75 Å². The molecule has 4 rings (SSSR count). The Morgan fingerprint density at radius 1 is 1.19 bits per heavy atom. The summed E-state index contributed by atoms with van der Waals surface area (Å²) in [5, 5.41) is 21.0. The minimum Gasteiger partial charge on any atom is -0.508 e. The summed E-state index contributed by atoms with van der Waals surface area (Å²) in [4.78, 5) is 19.7. The number of carbonyl (C=O) groups excluding carboxylic acids is 1. The summed E-state index contributed by atoms with van der Waals surface area (Å²) >= 11 is 0. The van der Waals surface area contributed by atoms with Crippen molar-refractivity contribution >= 4 is 16.9 Å². The van der Waals surface area contributed by atoms with Crippen LogP contribution in [0, 0.1) is 13.8 Å². The highest BCUT2D eigenvalue weighted by molar-refractivity contribution is 6.07. The molecule has 7 nitrogen and oxygen atoms in total. The molecule has 3 aromatic rings. The number of fused-ring (bicyclic) bond motifs is 1. The third-order valence-corrected chi connectivity index (χ3v) is 4.84. The summed E-state index contributed by atoms with van der Waals surface area (Å²) in [6.45, 7) is 6.69. The van der Waals surface area contributed by atoms with Crippen LogP contribution in [0.15, 0.2) is 24.3 Å². The molecule has 0 spiro atoms. The molecule has 0 unspecified atom stereocenters. The minimum absolute atomic E-state index is 0.000139. The first-order valence-corrected chi connectivity index (χ1v) is 8.70. The number of aromatic amines is 1. The Bertz CT molecular complexity index is 989. The lowest BCUT2D eigenvalue weighted by Gasteiger charge is -2.27. The number of benzene rings is 1. The second kappa shape index (κ2) is 6.42. The Labute approximate surface area is 151 Å². The number of hydrogen-bond acceptors (Lipinski definition) is 5. The number of H-pyrrole nitrogens is 1. The Morgan fingerprint density at radius 3 is 2.69 bits per heavy atom.